The van der Waals surface area contributed by atoms with Crippen LogP contribution in [0.4, 0.5) is 0 Å². The second kappa shape index (κ2) is 3.59. The van der Waals surface area contributed by atoms with Crippen LogP contribution in [0.2, 0.25) is 0 Å². The van der Waals surface area contributed by atoms with Crippen LogP contribution in [0.5, 0.6) is 0 Å². The molecule has 0 aromatic rings. The van der Waals surface area contributed by atoms with E-state index < -0.39 is 0 Å². The first-order valence-corrected chi connectivity index (χ1v) is 3.41. The van der Waals surface area contributed by atoms with Crippen molar-refractivity contribution in [2.75, 3.05) is 0 Å². The van der Waals surface area contributed by atoms with Crippen LogP contribution in [-0.2, 0) is 4.74 Å². The highest BCUT2D eigenvalue weighted by Crippen LogP contribution is 2.17. The lowest BCUT2D eigenvalue weighted by molar-refractivity contribution is -0.102. The van der Waals surface area contributed by atoms with Gasteiger partial charge in [-0.15, -0.1) is 12.4 Å². The Morgan fingerprint density at radius 2 is 0.900 bits per heavy atom. The van der Waals surface area contributed by atoms with Crippen molar-refractivity contribution in [1.82, 2.24) is 0 Å². The molecule has 0 rings (SSSR count). The van der Waals surface area contributed by atoms with Crippen molar-refractivity contribution in [2.24, 2.45) is 0 Å². The van der Waals surface area contributed by atoms with Crippen molar-refractivity contribution < 1.29 is 4.74 Å². The van der Waals surface area contributed by atoms with Crippen LogP contribution in [0.1, 0.15) is 41.5 Å². The summed E-state index contributed by atoms with van der Waals surface area (Å²) in [4.78, 5) is 0. The highest BCUT2D eigenvalue weighted by molar-refractivity contribution is 5.85. The maximum atomic E-state index is 5.62. The van der Waals surface area contributed by atoms with Gasteiger partial charge in [0, 0.05) is 0 Å². The third-order valence-electron chi connectivity index (χ3n) is 0.612. The van der Waals surface area contributed by atoms with Crippen LogP contribution in [0.25, 0.3) is 0 Å². The Labute approximate surface area is 70.6 Å². The van der Waals surface area contributed by atoms with Crippen LogP contribution in [0.3, 0.4) is 0 Å². The fourth-order valence-electron chi connectivity index (χ4n) is 0.919. The molecule has 0 aromatic carbocycles. The van der Waals surface area contributed by atoms with Gasteiger partial charge in [0.2, 0.25) is 0 Å². The number of hydrogen-bond acceptors (Lipinski definition) is 1. The van der Waals surface area contributed by atoms with E-state index in [4.69, 9.17) is 4.74 Å². The van der Waals surface area contributed by atoms with E-state index in [0.717, 1.165) is 0 Å². The molecule has 0 fully saturated rings. The third-order valence-corrected chi connectivity index (χ3v) is 0.612. The molecule has 0 saturated heterocycles. The maximum absolute atomic E-state index is 5.62. The minimum Gasteiger partial charge on any atom is -0.370 e. The molecular formula is C8H19ClO. The molecule has 0 radical (unpaired) electrons. The summed E-state index contributed by atoms with van der Waals surface area (Å²) in [6, 6.07) is 0. The smallest absolute Gasteiger partial charge is 0.0605 e. The van der Waals surface area contributed by atoms with E-state index in [1.54, 1.807) is 0 Å². The molecule has 0 bridgehead atoms. The number of halogens is 1. The zero-order valence-corrected chi connectivity index (χ0v) is 8.63. The predicted molar refractivity (Wildman–Crippen MR) is 47.8 cm³/mol. The second-order valence-electron chi connectivity index (χ2n) is 4.33. The van der Waals surface area contributed by atoms with Crippen LogP contribution in [0, 0.1) is 0 Å². The normalized spacial score (nSPS) is 12.6. The summed E-state index contributed by atoms with van der Waals surface area (Å²) in [6.07, 6.45) is 0. The Hall–Kier alpha value is 0.250. The van der Waals surface area contributed by atoms with Gasteiger partial charge in [0.1, 0.15) is 0 Å². The molecule has 0 atom stereocenters. The van der Waals surface area contributed by atoms with Crippen LogP contribution in [0.15, 0.2) is 0 Å². The second-order valence-corrected chi connectivity index (χ2v) is 4.33. The molecule has 0 heterocycles. The number of hydrogen-bond donors (Lipinski definition) is 0. The topological polar surface area (TPSA) is 9.23 Å². The van der Waals surface area contributed by atoms with Gasteiger partial charge >= 0.3 is 0 Å². The molecule has 0 aliphatic carbocycles. The summed E-state index contributed by atoms with van der Waals surface area (Å²) in [5.41, 5.74) is -0.0312. The molecule has 0 unspecified atom stereocenters. The fourth-order valence-corrected chi connectivity index (χ4v) is 0.919. The summed E-state index contributed by atoms with van der Waals surface area (Å²) in [5, 5.41) is 0. The molecule has 0 saturated carbocycles. The van der Waals surface area contributed by atoms with Crippen LogP contribution in [-0.4, -0.2) is 11.2 Å². The standard InChI is InChI=1S/C8H18O.ClH/c1-7(2,3)9-8(4,5)6;/h1-6H3;1H. The van der Waals surface area contributed by atoms with Gasteiger partial charge in [0.05, 0.1) is 11.2 Å². The average Bonchev–Trinajstić information content (AvgIpc) is 1.14. The Morgan fingerprint density at radius 3 is 0.900 bits per heavy atom. The molecule has 64 valence electrons. The summed E-state index contributed by atoms with van der Waals surface area (Å²) < 4.78 is 5.62. The molecule has 0 amide bonds. The van der Waals surface area contributed by atoms with Crippen molar-refractivity contribution >= 4 is 12.4 Å². The van der Waals surface area contributed by atoms with Crippen molar-refractivity contribution in [3.05, 3.63) is 0 Å². The molecule has 0 aromatic heterocycles. The first kappa shape index (κ1) is 12.9. The van der Waals surface area contributed by atoms with Crippen LogP contribution >= 0.6 is 12.4 Å². The van der Waals surface area contributed by atoms with Crippen molar-refractivity contribution in [3.63, 3.8) is 0 Å². The lowest BCUT2D eigenvalue weighted by Crippen LogP contribution is -2.31. The zero-order valence-electron chi connectivity index (χ0n) is 7.82. The lowest BCUT2D eigenvalue weighted by atomic mass is 10.1. The zero-order chi connectivity index (χ0) is 7.71. The third kappa shape index (κ3) is 11.1. The van der Waals surface area contributed by atoms with E-state index in [1.807, 2.05) is 0 Å². The first-order valence-electron chi connectivity index (χ1n) is 3.41. The van der Waals surface area contributed by atoms with E-state index >= 15 is 0 Å². The Kier molecular flexibility index (Phi) is 4.62. The molecule has 0 spiro atoms. The van der Waals surface area contributed by atoms with E-state index in [9.17, 15) is 0 Å². The van der Waals surface area contributed by atoms with Gasteiger partial charge in [0.25, 0.3) is 0 Å². The molecule has 10 heavy (non-hydrogen) atoms. The van der Waals surface area contributed by atoms with Crippen molar-refractivity contribution in [3.8, 4) is 0 Å². The first-order chi connectivity index (χ1) is 3.71. The Balaban J connectivity index is 0. The Morgan fingerprint density at radius 1 is 0.700 bits per heavy atom. The molecule has 0 N–H and O–H groups in total. The van der Waals surface area contributed by atoms with Gasteiger partial charge in [-0.05, 0) is 41.5 Å². The average molecular weight is 167 g/mol. The predicted octanol–water partition coefficient (Wildman–Crippen LogP) is 3.02. The summed E-state index contributed by atoms with van der Waals surface area (Å²) >= 11 is 0. The van der Waals surface area contributed by atoms with Gasteiger partial charge in [-0.1, -0.05) is 0 Å². The summed E-state index contributed by atoms with van der Waals surface area (Å²) in [5.74, 6) is 0. The van der Waals surface area contributed by atoms with Gasteiger partial charge in [-0.2, -0.15) is 0 Å². The van der Waals surface area contributed by atoms with Gasteiger partial charge in [-0.3, -0.25) is 0 Å². The largest absolute Gasteiger partial charge is 0.370 e. The SMILES string of the molecule is CC(C)(C)OC(C)(C)C.Cl. The molecule has 1 nitrogen and oxygen atoms in total. The summed E-state index contributed by atoms with van der Waals surface area (Å²) in [6.45, 7) is 12.4. The van der Waals surface area contributed by atoms with Gasteiger partial charge < -0.3 is 4.74 Å². The highest BCUT2D eigenvalue weighted by Gasteiger charge is 2.19. The maximum Gasteiger partial charge on any atom is 0.0605 e. The van der Waals surface area contributed by atoms with Gasteiger partial charge in [0.15, 0.2) is 0 Å². The minimum absolute atomic E-state index is 0. The molecule has 2 heteroatoms. The minimum atomic E-state index is -0.0156. The monoisotopic (exact) mass is 166 g/mol. The Bertz CT molecular complexity index is 74.4. The van der Waals surface area contributed by atoms with E-state index in [2.05, 4.69) is 41.5 Å². The summed E-state index contributed by atoms with van der Waals surface area (Å²) in [7, 11) is 0. The van der Waals surface area contributed by atoms with E-state index in [1.165, 1.54) is 0 Å². The number of rotatable bonds is 0. The van der Waals surface area contributed by atoms with E-state index in [0.29, 0.717) is 0 Å². The van der Waals surface area contributed by atoms with Crippen molar-refractivity contribution in [1.29, 1.82) is 0 Å². The van der Waals surface area contributed by atoms with E-state index in [-0.39, 0.29) is 23.6 Å². The van der Waals surface area contributed by atoms with Gasteiger partial charge in [-0.25, -0.2) is 0 Å². The quantitative estimate of drug-likeness (QED) is 0.538. The van der Waals surface area contributed by atoms with Crippen LogP contribution < -0.4 is 0 Å². The van der Waals surface area contributed by atoms with Crippen molar-refractivity contribution in [2.45, 2.75) is 52.7 Å². The molecule has 0 aliphatic rings. The highest BCUT2D eigenvalue weighted by atomic mass is 35.5. The number of ether oxygens (including phenoxy) is 1. The fraction of sp³-hybridized carbons (Fsp3) is 1.00. The lowest BCUT2D eigenvalue weighted by Gasteiger charge is -2.30. The molecular weight excluding hydrogens is 148 g/mol. The molecule has 0 aliphatic heterocycles.